The first-order valence-electron chi connectivity index (χ1n) is 4.77. The second-order valence-electron chi connectivity index (χ2n) is 3.45. The van der Waals surface area contributed by atoms with Gasteiger partial charge in [-0.15, -0.1) is 0 Å². The second kappa shape index (κ2) is 5.43. The van der Waals surface area contributed by atoms with E-state index in [9.17, 15) is 10.1 Å². The molecule has 5 nitrogen and oxygen atoms in total. The lowest BCUT2D eigenvalue weighted by Crippen LogP contribution is -2.33. The largest absolute Gasteiger partial charge is 0.326 e. The van der Waals surface area contributed by atoms with Crippen LogP contribution in [-0.4, -0.2) is 24.6 Å². The van der Waals surface area contributed by atoms with E-state index in [4.69, 9.17) is 5.73 Å². The van der Waals surface area contributed by atoms with Crippen LogP contribution in [0.1, 0.15) is 5.56 Å². The maximum Gasteiger partial charge on any atom is 0.269 e. The summed E-state index contributed by atoms with van der Waals surface area (Å²) < 4.78 is 0. The number of hydrogen-bond acceptors (Lipinski definition) is 4. The Morgan fingerprint density at radius 2 is 2.07 bits per heavy atom. The van der Waals surface area contributed by atoms with Crippen molar-refractivity contribution in [1.29, 1.82) is 0 Å². The van der Waals surface area contributed by atoms with Crippen LogP contribution in [0.25, 0.3) is 0 Å². The van der Waals surface area contributed by atoms with Crippen molar-refractivity contribution < 1.29 is 4.92 Å². The third-order valence-electron chi connectivity index (χ3n) is 2.11. The summed E-state index contributed by atoms with van der Waals surface area (Å²) in [6, 6.07) is 6.53. The zero-order chi connectivity index (χ0) is 11.3. The van der Waals surface area contributed by atoms with Gasteiger partial charge in [-0.3, -0.25) is 10.1 Å². The summed E-state index contributed by atoms with van der Waals surface area (Å²) in [6.07, 6.45) is 0.721. The highest BCUT2D eigenvalue weighted by Gasteiger charge is 2.06. The van der Waals surface area contributed by atoms with E-state index in [1.54, 1.807) is 12.1 Å². The van der Waals surface area contributed by atoms with E-state index in [-0.39, 0.29) is 11.7 Å². The third-order valence-corrected chi connectivity index (χ3v) is 2.11. The van der Waals surface area contributed by atoms with Crippen LogP contribution in [-0.2, 0) is 6.42 Å². The molecule has 0 saturated heterocycles. The lowest BCUT2D eigenvalue weighted by Gasteiger charge is -2.10. The molecule has 5 heteroatoms. The molecule has 1 rings (SSSR count). The molecule has 0 aromatic heterocycles. The van der Waals surface area contributed by atoms with E-state index in [1.165, 1.54) is 12.1 Å². The SMILES string of the molecule is CNCC(N)Cc1ccc([N+](=O)[O-])cc1. The lowest BCUT2D eigenvalue weighted by molar-refractivity contribution is -0.384. The molecule has 0 saturated carbocycles. The van der Waals surface area contributed by atoms with E-state index in [1.807, 2.05) is 7.05 Å². The average molecular weight is 209 g/mol. The Labute approximate surface area is 88.4 Å². The van der Waals surface area contributed by atoms with Crippen LogP contribution in [0.5, 0.6) is 0 Å². The molecular formula is C10H15N3O2. The maximum atomic E-state index is 10.4. The molecule has 0 amide bonds. The molecule has 0 spiro atoms. The normalized spacial score (nSPS) is 12.4. The van der Waals surface area contributed by atoms with E-state index < -0.39 is 4.92 Å². The van der Waals surface area contributed by atoms with Crippen LogP contribution in [0.15, 0.2) is 24.3 Å². The van der Waals surface area contributed by atoms with Gasteiger partial charge in [0, 0.05) is 24.7 Å². The van der Waals surface area contributed by atoms with E-state index in [0.717, 1.165) is 18.5 Å². The zero-order valence-corrected chi connectivity index (χ0v) is 8.64. The van der Waals surface area contributed by atoms with Gasteiger partial charge in [0.25, 0.3) is 5.69 Å². The Morgan fingerprint density at radius 1 is 1.47 bits per heavy atom. The topological polar surface area (TPSA) is 81.2 Å². The van der Waals surface area contributed by atoms with E-state index in [2.05, 4.69) is 5.32 Å². The van der Waals surface area contributed by atoms with Gasteiger partial charge in [-0.2, -0.15) is 0 Å². The van der Waals surface area contributed by atoms with Crippen LogP contribution in [0.3, 0.4) is 0 Å². The molecule has 0 fully saturated rings. The molecule has 1 aromatic carbocycles. The van der Waals surface area contributed by atoms with Crippen molar-refractivity contribution >= 4 is 5.69 Å². The van der Waals surface area contributed by atoms with Crippen molar-refractivity contribution in [2.24, 2.45) is 5.73 Å². The lowest BCUT2D eigenvalue weighted by atomic mass is 10.1. The molecule has 0 aliphatic heterocycles. The Bertz CT molecular complexity index is 324. The molecule has 0 heterocycles. The first-order valence-corrected chi connectivity index (χ1v) is 4.77. The minimum atomic E-state index is -0.405. The van der Waals surface area contributed by atoms with Gasteiger partial charge < -0.3 is 11.1 Å². The highest BCUT2D eigenvalue weighted by molar-refractivity contribution is 5.33. The van der Waals surface area contributed by atoms with Gasteiger partial charge in [0.05, 0.1) is 4.92 Å². The number of hydrogen-bond donors (Lipinski definition) is 2. The van der Waals surface area contributed by atoms with Crippen molar-refractivity contribution in [1.82, 2.24) is 5.32 Å². The molecular weight excluding hydrogens is 194 g/mol. The summed E-state index contributed by atoms with van der Waals surface area (Å²) in [5.41, 5.74) is 6.95. The molecule has 82 valence electrons. The van der Waals surface area contributed by atoms with Crippen molar-refractivity contribution in [3.8, 4) is 0 Å². The monoisotopic (exact) mass is 209 g/mol. The Morgan fingerprint density at radius 3 is 2.53 bits per heavy atom. The van der Waals surface area contributed by atoms with Gasteiger partial charge in [-0.05, 0) is 19.0 Å². The number of nitrogens with two attached hydrogens (primary N) is 1. The van der Waals surface area contributed by atoms with Crippen molar-refractivity contribution in [2.75, 3.05) is 13.6 Å². The average Bonchev–Trinajstić information content (AvgIpc) is 2.18. The standard InChI is InChI=1S/C10H15N3O2/c1-12-7-9(11)6-8-2-4-10(5-3-8)13(14)15/h2-5,9,12H,6-7,11H2,1H3. The molecule has 1 aromatic rings. The fourth-order valence-corrected chi connectivity index (χ4v) is 1.39. The van der Waals surface area contributed by atoms with Gasteiger partial charge in [0.1, 0.15) is 0 Å². The van der Waals surface area contributed by atoms with Gasteiger partial charge in [0.2, 0.25) is 0 Å². The zero-order valence-electron chi connectivity index (χ0n) is 8.64. The Hall–Kier alpha value is -1.46. The molecule has 0 aliphatic rings. The molecule has 0 bridgehead atoms. The van der Waals surface area contributed by atoms with Crippen LogP contribution in [0.4, 0.5) is 5.69 Å². The number of non-ortho nitro benzene ring substituents is 1. The van der Waals surface area contributed by atoms with Crippen LogP contribution < -0.4 is 11.1 Å². The second-order valence-corrected chi connectivity index (χ2v) is 3.45. The quantitative estimate of drug-likeness (QED) is 0.552. The molecule has 1 atom stereocenters. The van der Waals surface area contributed by atoms with E-state index in [0.29, 0.717) is 0 Å². The van der Waals surface area contributed by atoms with Crippen molar-refractivity contribution in [3.05, 3.63) is 39.9 Å². The minimum Gasteiger partial charge on any atom is -0.326 e. The predicted octanol–water partition coefficient (Wildman–Crippen LogP) is 0.684. The number of nitrogens with one attached hydrogen (secondary N) is 1. The summed E-state index contributed by atoms with van der Waals surface area (Å²) >= 11 is 0. The number of nitro benzene ring substituents is 1. The number of nitro groups is 1. The summed E-state index contributed by atoms with van der Waals surface area (Å²) in [4.78, 5) is 10.0. The smallest absolute Gasteiger partial charge is 0.269 e. The van der Waals surface area contributed by atoms with Crippen molar-refractivity contribution in [3.63, 3.8) is 0 Å². The number of rotatable bonds is 5. The molecule has 15 heavy (non-hydrogen) atoms. The Kier molecular flexibility index (Phi) is 4.20. The molecule has 3 N–H and O–H groups in total. The van der Waals surface area contributed by atoms with E-state index >= 15 is 0 Å². The number of likely N-dealkylation sites (N-methyl/N-ethyl adjacent to an activating group) is 1. The molecule has 0 aliphatic carbocycles. The van der Waals surface area contributed by atoms with Crippen LogP contribution in [0.2, 0.25) is 0 Å². The molecule has 1 unspecified atom stereocenters. The third kappa shape index (κ3) is 3.65. The van der Waals surface area contributed by atoms with Crippen molar-refractivity contribution in [2.45, 2.75) is 12.5 Å². The van der Waals surface area contributed by atoms with Crippen LogP contribution in [0, 0.1) is 10.1 Å². The first kappa shape index (κ1) is 11.6. The van der Waals surface area contributed by atoms with Gasteiger partial charge in [-0.1, -0.05) is 12.1 Å². The summed E-state index contributed by atoms with van der Waals surface area (Å²) in [6.45, 7) is 0.733. The fraction of sp³-hybridized carbons (Fsp3) is 0.400. The summed E-state index contributed by atoms with van der Waals surface area (Å²) in [5, 5.41) is 13.4. The van der Waals surface area contributed by atoms with Gasteiger partial charge in [-0.25, -0.2) is 0 Å². The predicted molar refractivity (Wildman–Crippen MR) is 58.7 cm³/mol. The highest BCUT2D eigenvalue weighted by Crippen LogP contribution is 2.12. The summed E-state index contributed by atoms with van der Waals surface area (Å²) in [7, 11) is 1.84. The number of nitrogens with zero attached hydrogens (tertiary/aromatic N) is 1. The maximum absolute atomic E-state index is 10.4. The fourth-order valence-electron chi connectivity index (χ4n) is 1.39. The summed E-state index contributed by atoms with van der Waals surface area (Å²) in [5.74, 6) is 0. The molecule has 0 radical (unpaired) electrons. The highest BCUT2D eigenvalue weighted by atomic mass is 16.6. The van der Waals surface area contributed by atoms with Gasteiger partial charge in [0.15, 0.2) is 0 Å². The first-order chi connectivity index (χ1) is 7.13. The Balaban J connectivity index is 2.60. The number of benzene rings is 1. The van der Waals surface area contributed by atoms with Gasteiger partial charge >= 0.3 is 0 Å². The minimum absolute atomic E-state index is 0.0384. The van der Waals surface area contributed by atoms with Crippen LogP contribution >= 0.6 is 0 Å².